The van der Waals surface area contributed by atoms with E-state index < -0.39 is 0 Å². The zero-order valence-corrected chi connectivity index (χ0v) is 11.1. The molecule has 0 saturated carbocycles. The molecule has 0 fully saturated rings. The van der Waals surface area contributed by atoms with Crippen molar-refractivity contribution in [2.75, 3.05) is 32.9 Å². The van der Waals surface area contributed by atoms with Crippen LogP contribution in [0.1, 0.15) is 12.5 Å². The van der Waals surface area contributed by atoms with Gasteiger partial charge in [-0.15, -0.1) is 0 Å². The molecule has 0 bridgehead atoms. The van der Waals surface area contributed by atoms with E-state index in [1.165, 1.54) is 0 Å². The molecule has 0 amide bonds. The molecule has 4 N–H and O–H groups in total. The van der Waals surface area contributed by atoms with Gasteiger partial charge in [-0.3, -0.25) is 0 Å². The Morgan fingerprint density at radius 3 is 2.58 bits per heavy atom. The van der Waals surface area contributed by atoms with Crippen LogP contribution in [0.15, 0.2) is 29.4 Å². The summed E-state index contributed by atoms with van der Waals surface area (Å²) in [6.07, 6.45) is 0. The van der Waals surface area contributed by atoms with E-state index in [9.17, 15) is 0 Å². The predicted molar refractivity (Wildman–Crippen MR) is 73.8 cm³/mol. The van der Waals surface area contributed by atoms with Gasteiger partial charge in [0.2, 0.25) is 0 Å². The van der Waals surface area contributed by atoms with Gasteiger partial charge < -0.3 is 25.7 Å². The number of hydrogen-bond acceptors (Lipinski definition) is 5. The molecule has 0 aliphatic heterocycles. The van der Waals surface area contributed by atoms with E-state index in [2.05, 4.69) is 10.5 Å². The smallest absolute Gasteiger partial charge is 0.170 e. The van der Waals surface area contributed by atoms with Crippen LogP contribution in [0.25, 0.3) is 0 Å². The molecule has 1 aromatic carbocycles. The largest absolute Gasteiger partial charge is 0.492 e. The second-order valence-electron chi connectivity index (χ2n) is 3.81. The highest BCUT2D eigenvalue weighted by Crippen LogP contribution is 2.11. The Hall–Kier alpha value is -1.79. The van der Waals surface area contributed by atoms with E-state index in [0.717, 1.165) is 25.4 Å². The van der Waals surface area contributed by atoms with Crippen molar-refractivity contribution >= 4 is 5.84 Å². The fourth-order valence-electron chi connectivity index (χ4n) is 1.43. The lowest BCUT2D eigenvalue weighted by molar-refractivity contribution is 0.148. The van der Waals surface area contributed by atoms with E-state index in [1.807, 2.05) is 6.92 Å². The lowest BCUT2D eigenvalue weighted by Crippen LogP contribution is -2.25. The van der Waals surface area contributed by atoms with Crippen LogP contribution in [0.5, 0.6) is 5.75 Å². The van der Waals surface area contributed by atoms with Crippen molar-refractivity contribution in [3.8, 4) is 5.75 Å². The van der Waals surface area contributed by atoms with E-state index in [-0.39, 0.29) is 5.84 Å². The van der Waals surface area contributed by atoms with Crippen molar-refractivity contribution in [3.05, 3.63) is 29.8 Å². The maximum Gasteiger partial charge on any atom is 0.170 e. The number of amidine groups is 1. The van der Waals surface area contributed by atoms with Crippen LogP contribution in [-0.2, 0) is 4.74 Å². The van der Waals surface area contributed by atoms with Crippen molar-refractivity contribution in [1.29, 1.82) is 0 Å². The summed E-state index contributed by atoms with van der Waals surface area (Å²) in [5.74, 6) is 0.838. The van der Waals surface area contributed by atoms with E-state index in [1.54, 1.807) is 24.3 Å². The average molecular weight is 267 g/mol. The summed E-state index contributed by atoms with van der Waals surface area (Å²) in [4.78, 5) is 0. The highest BCUT2D eigenvalue weighted by Gasteiger charge is 1.99. The number of nitrogens with two attached hydrogens (primary N) is 1. The molecule has 0 aromatic heterocycles. The standard InChI is InChI=1S/C13H21N3O3/c1-2-18-9-7-15-8-10-19-12-5-3-11(4-6-12)13(14)16-17/h3-6,15,17H,2,7-10H2,1H3,(H2,14,16). The Labute approximate surface area is 113 Å². The van der Waals surface area contributed by atoms with E-state index in [4.69, 9.17) is 20.4 Å². The zero-order valence-electron chi connectivity index (χ0n) is 11.1. The Balaban J connectivity index is 2.19. The molecule has 0 unspecified atom stereocenters. The predicted octanol–water partition coefficient (Wildman–Crippen LogP) is 0.786. The highest BCUT2D eigenvalue weighted by atomic mass is 16.5. The normalized spacial score (nSPS) is 11.5. The average Bonchev–Trinajstić information content (AvgIpc) is 2.46. The maximum atomic E-state index is 8.53. The quantitative estimate of drug-likeness (QED) is 0.202. The summed E-state index contributed by atoms with van der Waals surface area (Å²) >= 11 is 0. The second-order valence-corrected chi connectivity index (χ2v) is 3.81. The molecule has 0 radical (unpaired) electrons. The molecule has 0 aliphatic rings. The summed E-state index contributed by atoms with van der Waals surface area (Å²) in [7, 11) is 0. The number of hydrogen-bond donors (Lipinski definition) is 3. The molecule has 1 aromatic rings. The summed E-state index contributed by atoms with van der Waals surface area (Å²) in [6, 6.07) is 7.06. The maximum absolute atomic E-state index is 8.53. The second kappa shape index (κ2) is 9.18. The van der Waals surface area contributed by atoms with Crippen molar-refractivity contribution in [2.45, 2.75) is 6.92 Å². The zero-order chi connectivity index (χ0) is 13.9. The lowest BCUT2D eigenvalue weighted by atomic mass is 10.2. The number of nitrogens with one attached hydrogen (secondary N) is 1. The monoisotopic (exact) mass is 267 g/mol. The molecule has 0 atom stereocenters. The number of ether oxygens (including phenoxy) is 2. The number of oxime groups is 1. The first-order chi connectivity index (χ1) is 9.27. The third kappa shape index (κ3) is 6.08. The number of nitrogens with zero attached hydrogens (tertiary/aromatic N) is 1. The summed E-state index contributed by atoms with van der Waals surface area (Å²) in [5, 5.41) is 14.7. The van der Waals surface area contributed by atoms with E-state index >= 15 is 0 Å². The van der Waals surface area contributed by atoms with Gasteiger partial charge in [0.05, 0.1) is 6.61 Å². The number of rotatable bonds is 9. The van der Waals surface area contributed by atoms with Gasteiger partial charge in [-0.05, 0) is 31.2 Å². The minimum atomic E-state index is 0.0872. The van der Waals surface area contributed by atoms with Gasteiger partial charge in [0, 0.05) is 25.3 Å². The molecular weight excluding hydrogens is 246 g/mol. The molecule has 0 aliphatic carbocycles. The van der Waals surface area contributed by atoms with Crippen molar-refractivity contribution in [1.82, 2.24) is 5.32 Å². The Morgan fingerprint density at radius 1 is 1.26 bits per heavy atom. The molecule has 0 heterocycles. The molecule has 6 nitrogen and oxygen atoms in total. The van der Waals surface area contributed by atoms with Gasteiger partial charge in [-0.25, -0.2) is 0 Å². The molecule has 1 rings (SSSR count). The molecular formula is C13H21N3O3. The van der Waals surface area contributed by atoms with Gasteiger partial charge in [0.15, 0.2) is 5.84 Å². The Kier molecular flexibility index (Phi) is 7.38. The van der Waals surface area contributed by atoms with Gasteiger partial charge in [0.1, 0.15) is 12.4 Å². The van der Waals surface area contributed by atoms with Crippen LogP contribution in [0.3, 0.4) is 0 Å². The highest BCUT2D eigenvalue weighted by molar-refractivity contribution is 5.97. The van der Waals surface area contributed by atoms with Gasteiger partial charge >= 0.3 is 0 Å². The van der Waals surface area contributed by atoms with Crippen LogP contribution in [0.4, 0.5) is 0 Å². The topological polar surface area (TPSA) is 89.1 Å². The van der Waals surface area contributed by atoms with Crippen LogP contribution in [0.2, 0.25) is 0 Å². The minimum absolute atomic E-state index is 0.0872. The van der Waals surface area contributed by atoms with Crippen LogP contribution in [-0.4, -0.2) is 44.0 Å². The number of benzene rings is 1. The minimum Gasteiger partial charge on any atom is -0.492 e. The first-order valence-electron chi connectivity index (χ1n) is 6.27. The molecule has 0 spiro atoms. The van der Waals surface area contributed by atoms with Crippen LogP contribution >= 0.6 is 0 Å². The van der Waals surface area contributed by atoms with Crippen molar-refractivity contribution in [2.24, 2.45) is 10.9 Å². The molecule has 0 saturated heterocycles. The van der Waals surface area contributed by atoms with Crippen LogP contribution < -0.4 is 15.8 Å². The van der Waals surface area contributed by atoms with Crippen molar-refractivity contribution in [3.63, 3.8) is 0 Å². The van der Waals surface area contributed by atoms with Crippen molar-refractivity contribution < 1.29 is 14.7 Å². The summed E-state index contributed by atoms with van der Waals surface area (Å²) in [6.45, 7) is 5.58. The fourth-order valence-corrected chi connectivity index (χ4v) is 1.43. The molecule has 19 heavy (non-hydrogen) atoms. The van der Waals surface area contributed by atoms with Gasteiger partial charge in [0.25, 0.3) is 0 Å². The Bertz CT molecular complexity index is 379. The first-order valence-corrected chi connectivity index (χ1v) is 6.27. The third-order valence-corrected chi connectivity index (χ3v) is 2.43. The van der Waals surface area contributed by atoms with Crippen LogP contribution in [0, 0.1) is 0 Å². The first kappa shape index (κ1) is 15.3. The molecule has 6 heteroatoms. The molecule has 106 valence electrons. The summed E-state index contributed by atoms with van der Waals surface area (Å²) < 4.78 is 10.7. The fraction of sp³-hybridized carbons (Fsp3) is 0.462. The van der Waals surface area contributed by atoms with Gasteiger partial charge in [-0.2, -0.15) is 0 Å². The summed E-state index contributed by atoms with van der Waals surface area (Å²) in [5.41, 5.74) is 6.12. The Morgan fingerprint density at radius 2 is 1.95 bits per heavy atom. The van der Waals surface area contributed by atoms with Gasteiger partial charge in [-0.1, -0.05) is 5.16 Å². The third-order valence-electron chi connectivity index (χ3n) is 2.43. The van der Waals surface area contributed by atoms with E-state index in [0.29, 0.717) is 18.8 Å². The lowest BCUT2D eigenvalue weighted by Gasteiger charge is -2.08. The SMILES string of the molecule is CCOCCNCCOc1ccc(C(N)=NO)cc1.